The first-order valence-corrected chi connectivity index (χ1v) is 13.4. The molecule has 3 fully saturated rings. The van der Waals surface area contributed by atoms with Gasteiger partial charge in [-0.2, -0.15) is 0 Å². The Kier molecular flexibility index (Phi) is 6.29. The first kappa shape index (κ1) is 23.9. The SMILES string of the molecule is CC(=O)[C@H]1CC[C@H]2[C@@H]3CC=C4C[C@@H](OC(=O)/C=C/c5ccc(Cl)cc5)CC[C@]4(C)[C@H]3CC[C@]12C. The van der Waals surface area contributed by atoms with Crippen LogP contribution in [0.3, 0.4) is 0 Å². The molecule has 4 aliphatic rings. The molecule has 34 heavy (non-hydrogen) atoms. The van der Waals surface area contributed by atoms with Crippen molar-refractivity contribution >= 4 is 29.4 Å². The molecule has 4 aliphatic carbocycles. The highest BCUT2D eigenvalue weighted by molar-refractivity contribution is 6.30. The molecule has 0 aliphatic heterocycles. The van der Waals surface area contributed by atoms with Crippen molar-refractivity contribution in [3.63, 3.8) is 0 Å². The Hall–Kier alpha value is -1.87. The van der Waals surface area contributed by atoms with Crippen molar-refractivity contribution in [1.82, 2.24) is 0 Å². The molecular weight excluding hydrogens is 444 g/mol. The smallest absolute Gasteiger partial charge is 0.331 e. The highest BCUT2D eigenvalue weighted by Gasteiger charge is 2.59. The maximum absolute atomic E-state index is 12.5. The monoisotopic (exact) mass is 480 g/mol. The number of hydrogen-bond acceptors (Lipinski definition) is 3. The minimum atomic E-state index is -0.271. The number of ketones is 1. The molecule has 182 valence electrons. The molecule has 7 atom stereocenters. The first-order chi connectivity index (χ1) is 16.2. The summed E-state index contributed by atoms with van der Waals surface area (Å²) in [7, 11) is 0. The fourth-order valence-corrected chi connectivity index (χ4v) is 8.46. The van der Waals surface area contributed by atoms with E-state index in [9.17, 15) is 9.59 Å². The van der Waals surface area contributed by atoms with Crippen LogP contribution in [-0.2, 0) is 14.3 Å². The molecule has 0 saturated heterocycles. The third kappa shape index (κ3) is 4.08. The summed E-state index contributed by atoms with van der Waals surface area (Å²) in [6, 6.07) is 7.41. The predicted octanol–water partition coefficient (Wildman–Crippen LogP) is 7.43. The molecule has 3 nitrogen and oxygen atoms in total. The van der Waals surface area contributed by atoms with Gasteiger partial charge in [-0.1, -0.05) is 49.2 Å². The number of benzene rings is 1. The summed E-state index contributed by atoms with van der Waals surface area (Å²) in [6.45, 7) is 6.68. The summed E-state index contributed by atoms with van der Waals surface area (Å²) >= 11 is 5.93. The number of hydrogen-bond donors (Lipinski definition) is 0. The quantitative estimate of drug-likeness (QED) is 0.255. The van der Waals surface area contributed by atoms with Crippen LogP contribution in [0.25, 0.3) is 6.08 Å². The van der Waals surface area contributed by atoms with Crippen LogP contribution in [0.1, 0.15) is 77.7 Å². The number of ether oxygens (including phenoxy) is 1. The molecular formula is C30H37ClO3. The molecule has 4 heteroatoms. The topological polar surface area (TPSA) is 43.4 Å². The van der Waals surface area contributed by atoms with Crippen LogP contribution in [0.15, 0.2) is 42.0 Å². The van der Waals surface area contributed by atoms with E-state index in [1.165, 1.54) is 30.9 Å². The zero-order valence-corrected chi connectivity index (χ0v) is 21.4. The lowest BCUT2D eigenvalue weighted by Crippen LogP contribution is -2.51. The number of Topliss-reactive ketones (excluding diaryl/α,β-unsaturated/α-hetero) is 1. The number of carbonyl (C=O) groups excluding carboxylic acids is 2. The highest BCUT2D eigenvalue weighted by atomic mass is 35.5. The van der Waals surface area contributed by atoms with Crippen LogP contribution < -0.4 is 0 Å². The van der Waals surface area contributed by atoms with Crippen LogP contribution in [0, 0.1) is 34.5 Å². The van der Waals surface area contributed by atoms with Crippen molar-refractivity contribution < 1.29 is 14.3 Å². The normalized spacial score (nSPS) is 39.1. The van der Waals surface area contributed by atoms with E-state index in [1.54, 1.807) is 13.0 Å². The van der Waals surface area contributed by atoms with E-state index in [0.717, 1.165) is 37.7 Å². The van der Waals surface area contributed by atoms with Crippen molar-refractivity contribution in [2.24, 2.45) is 34.5 Å². The maximum Gasteiger partial charge on any atom is 0.331 e. The van der Waals surface area contributed by atoms with E-state index in [4.69, 9.17) is 16.3 Å². The van der Waals surface area contributed by atoms with Crippen LogP contribution in [0.4, 0.5) is 0 Å². The highest BCUT2D eigenvalue weighted by Crippen LogP contribution is 2.66. The summed E-state index contributed by atoms with van der Waals surface area (Å²) in [6.07, 6.45) is 14.4. The zero-order chi connectivity index (χ0) is 24.1. The number of carbonyl (C=O) groups is 2. The van der Waals surface area contributed by atoms with Crippen LogP contribution >= 0.6 is 11.6 Å². The van der Waals surface area contributed by atoms with Gasteiger partial charge in [0.15, 0.2) is 0 Å². The van der Waals surface area contributed by atoms with Crippen LogP contribution in [0.5, 0.6) is 0 Å². The third-order valence-electron chi connectivity index (χ3n) is 10.1. The van der Waals surface area contributed by atoms with Crippen molar-refractivity contribution in [3.8, 4) is 0 Å². The van der Waals surface area contributed by atoms with Gasteiger partial charge < -0.3 is 4.74 Å². The minimum Gasteiger partial charge on any atom is -0.459 e. The van der Waals surface area contributed by atoms with Gasteiger partial charge in [0.2, 0.25) is 0 Å². The largest absolute Gasteiger partial charge is 0.459 e. The minimum absolute atomic E-state index is 0.0410. The average molecular weight is 481 g/mol. The summed E-state index contributed by atoms with van der Waals surface area (Å²) in [5.41, 5.74) is 2.84. The second kappa shape index (κ2) is 8.97. The van der Waals surface area contributed by atoms with E-state index in [2.05, 4.69) is 19.9 Å². The Morgan fingerprint density at radius 3 is 2.53 bits per heavy atom. The number of fused-ring (bicyclic) bond motifs is 5. The number of rotatable bonds is 4. The molecule has 0 N–H and O–H groups in total. The van der Waals surface area contributed by atoms with Gasteiger partial charge in [-0.05, 0) is 104 Å². The summed E-state index contributed by atoms with van der Waals surface area (Å²) in [4.78, 5) is 24.8. The van der Waals surface area contributed by atoms with Crippen molar-refractivity contribution in [2.45, 2.75) is 78.2 Å². The first-order valence-electron chi connectivity index (χ1n) is 13.0. The Balaban J connectivity index is 1.25. The van der Waals surface area contributed by atoms with Crippen molar-refractivity contribution in [1.29, 1.82) is 0 Å². The standard InChI is InChI=1S/C30H37ClO3/c1-19(32)25-11-12-26-24-10-7-21-18-23(14-16-29(21,2)27(24)15-17-30(25,26)3)34-28(33)13-6-20-4-8-22(31)9-5-20/h4-9,13,23-27H,10-12,14-18H2,1-3H3/b13-6+/t23-,24-,25+,26-,27-,29-,30+/m0/s1. The molecule has 0 heterocycles. The summed E-state index contributed by atoms with van der Waals surface area (Å²) < 4.78 is 5.86. The van der Waals surface area contributed by atoms with Crippen molar-refractivity contribution in [2.75, 3.05) is 0 Å². The Labute approximate surface area is 209 Å². The third-order valence-corrected chi connectivity index (χ3v) is 10.4. The van der Waals surface area contributed by atoms with Gasteiger partial charge in [0.1, 0.15) is 11.9 Å². The van der Waals surface area contributed by atoms with Crippen LogP contribution in [0.2, 0.25) is 5.02 Å². The molecule has 3 saturated carbocycles. The van der Waals surface area contributed by atoms with Crippen molar-refractivity contribution in [3.05, 3.63) is 52.6 Å². The van der Waals surface area contributed by atoms with Gasteiger partial charge in [-0.15, -0.1) is 0 Å². The molecule has 0 aromatic heterocycles. The molecule has 1 aromatic rings. The lowest BCUT2D eigenvalue weighted by atomic mass is 9.47. The Morgan fingerprint density at radius 1 is 1.03 bits per heavy atom. The maximum atomic E-state index is 12.5. The fourth-order valence-electron chi connectivity index (χ4n) is 8.34. The van der Waals surface area contributed by atoms with Gasteiger partial charge >= 0.3 is 5.97 Å². The van der Waals surface area contributed by atoms with E-state index in [-0.39, 0.29) is 28.8 Å². The lowest BCUT2D eigenvalue weighted by Gasteiger charge is -2.58. The summed E-state index contributed by atoms with van der Waals surface area (Å²) in [5, 5.41) is 0.683. The number of allylic oxidation sites excluding steroid dienone is 1. The van der Waals surface area contributed by atoms with E-state index >= 15 is 0 Å². The van der Waals surface area contributed by atoms with E-state index < -0.39 is 0 Å². The molecule has 0 bridgehead atoms. The second-order valence-corrected chi connectivity index (χ2v) is 12.2. The molecule has 0 radical (unpaired) electrons. The molecule has 0 unspecified atom stereocenters. The predicted molar refractivity (Wildman–Crippen MR) is 136 cm³/mol. The molecule has 0 spiro atoms. The van der Waals surface area contributed by atoms with Gasteiger partial charge in [-0.25, -0.2) is 4.79 Å². The molecule has 1 aromatic carbocycles. The van der Waals surface area contributed by atoms with E-state index in [1.807, 2.05) is 24.3 Å². The van der Waals surface area contributed by atoms with Crippen LogP contribution in [-0.4, -0.2) is 17.9 Å². The fraction of sp³-hybridized carbons (Fsp3) is 0.600. The Bertz CT molecular complexity index is 1020. The zero-order valence-electron chi connectivity index (χ0n) is 20.7. The molecule has 0 amide bonds. The van der Waals surface area contributed by atoms with Gasteiger partial charge in [0, 0.05) is 23.4 Å². The van der Waals surface area contributed by atoms with E-state index in [0.29, 0.717) is 28.6 Å². The van der Waals surface area contributed by atoms with Gasteiger partial charge in [0.25, 0.3) is 0 Å². The Morgan fingerprint density at radius 2 is 1.79 bits per heavy atom. The lowest BCUT2D eigenvalue weighted by molar-refractivity contribution is -0.145. The average Bonchev–Trinajstić information content (AvgIpc) is 3.16. The number of esters is 1. The van der Waals surface area contributed by atoms with Gasteiger partial charge in [-0.3, -0.25) is 4.79 Å². The second-order valence-electron chi connectivity index (χ2n) is 11.7. The molecule has 5 rings (SSSR count). The van der Waals surface area contributed by atoms with Gasteiger partial charge in [0.05, 0.1) is 0 Å². The number of halogens is 1. The summed E-state index contributed by atoms with van der Waals surface area (Å²) in [5.74, 6) is 2.44.